The van der Waals surface area contributed by atoms with Crippen molar-refractivity contribution in [1.82, 2.24) is 24.8 Å². The maximum Gasteiger partial charge on any atom is 0.175 e. The summed E-state index contributed by atoms with van der Waals surface area (Å²) in [5.74, 6) is 1.27. The van der Waals surface area contributed by atoms with Crippen LogP contribution >= 0.6 is 34.4 Å². The molecule has 0 saturated heterocycles. The van der Waals surface area contributed by atoms with Gasteiger partial charge in [0.05, 0.1) is 19.3 Å². The van der Waals surface area contributed by atoms with Crippen LogP contribution < -0.4 is 15.8 Å². The minimum atomic E-state index is -0.591. The number of nitrogens with two attached hydrogens (primary N) is 1. The summed E-state index contributed by atoms with van der Waals surface area (Å²) in [6, 6.07) is 4.55. The Kier molecular flexibility index (Phi) is 6.66. The maximum atomic E-state index is 10.6. The van der Waals surface area contributed by atoms with Crippen LogP contribution in [0.4, 0.5) is 5.82 Å². The molecule has 0 amide bonds. The number of benzene rings is 1. The van der Waals surface area contributed by atoms with Crippen LogP contribution in [0.25, 0.3) is 11.2 Å². The van der Waals surface area contributed by atoms with E-state index in [-0.39, 0.29) is 0 Å². The number of halogens is 1. The number of rotatable bonds is 7. The molecule has 0 spiro atoms. The molecule has 1 aromatic carbocycles. The van der Waals surface area contributed by atoms with Crippen LogP contribution in [-0.4, -0.2) is 49.9 Å². The molecule has 3 heterocycles. The lowest BCUT2D eigenvalue weighted by Crippen LogP contribution is -2.34. The Morgan fingerprint density at radius 3 is 3.00 bits per heavy atom. The number of fused-ring (bicyclic) bond motifs is 2. The molecule has 4 rings (SSSR count). The second kappa shape index (κ2) is 9.25. The number of nitrogens with zero attached hydrogens (tertiary/aromatic N) is 4. The fourth-order valence-electron chi connectivity index (χ4n) is 3.35. The molecule has 1 unspecified atom stereocenters. The molecule has 160 valence electrons. The summed E-state index contributed by atoms with van der Waals surface area (Å²) in [6.07, 6.45) is 2.92. The fourth-order valence-corrected chi connectivity index (χ4v) is 5.14. The molecule has 30 heavy (non-hydrogen) atoms. The molecule has 0 fully saturated rings. The van der Waals surface area contributed by atoms with Crippen molar-refractivity contribution in [2.45, 2.75) is 55.4 Å². The summed E-state index contributed by atoms with van der Waals surface area (Å²) in [6.45, 7) is 5.68. The molecule has 0 aliphatic carbocycles. The molecular formula is C20H25IN6O2S. The highest BCUT2D eigenvalue weighted by Crippen LogP contribution is 2.38. The Hall–Kier alpha value is -1.63. The number of nitrogens with one attached hydrogen (secondary N) is 1. The average Bonchev–Trinajstić information content (AvgIpc) is 3.05. The van der Waals surface area contributed by atoms with Crippen molar-refractivity contribution in [3.8, 4) is 5.75 Å². The van der Waals surface area contributed by atoms with Crippen LogP contribution in [0.3, 0.4) is 0 Å². The summed E-state index contributed by atoms with van der Waals surface area (Å²) < 4.78 is 8.91. The van der Waals surface area contributed by atoms with E-state index >= 15 is 0 Å². The Bertz CT molecular complexity index is 1060. The van der Waals surface area contributed by atoms with E-state index in [0.29, 0.717) is 36.1 Å². The van der Waals surface area contributed by atoms with E-state index in [2.05, 4.69) is 63.9 Å². The predicted octanol–water partition coefficient (Wildman–Crippen LogP) is 2.85. The number of aryl methyl sites for hydroxylation is 1. The first-order valence-electron chi connectivity index (χ1n) is 9.93. The van der Waals surface area contributed by atoms with Crippen LogP contribution in [0, 0.1) is 3.57 Å². The zero-order valence-electron chi connectivity index (χ0n) is 16.9. The third kappa shape index (κ3) is 4.66. The number of aliphatic hydroxyl groups is 1. The topological polar surface area (TPSA) is 111 Å². The number of ether oxygens (including phenoxy) is 1. The van der Waals surface area contributed by atoms with Crippen LogP contribution in [0.5, 0.6) is 5.75 Å². The predicted molar refractivity (Wildman–Crippen MR) is 126 cm³/mol. The van der Waals surface area contributed by atoms with Crippen molar-refractivity contribution in [2.24, 2.45) is 0 Å². The minimum absolute atomic E-state index is 0.295. The van der Waals surface area contributed by atoms with E-state index in [1.165, 1.54) is 23.7 Å². The third-order valence-electron chi connectivity index (χ3n) is 4.84. The quantitative estimate of drug-likeness (QED) is 0.393. The van der Waals surface area contributed by atoms with E-state index in [1.807, 2.05) is 4.57 Å². The number of imidazole rings is 1. The van der Waals surface area contributed by atoms with E-state index in [0.717, 1.165) is 38.8 Å². The van der Waals surface area contributed by atoms with Crippen molar-refractivity contribution in [1.29, 1.82) is 0 Å². The van der Waals surface area contributed by atoms with Gasteiger partial charge >= 0.3 is 0 Å². The van der Waals surface area contributed by atoms with E-state index < -0.39 is 6.10 Å². The van der Waals surface area contributed by atoms with Gasteiger partial charge in [-0.1, -0.05) is 25.6 Å². The fraction of sp³-hybridized carbons (Fsp3) is 0.450. The van der Waals surface area contributed by atoms with Gasteiger partial charge in [-0.05, 0) is 53.1 Å². The van der Waals surface area contributed by atoms with Gasteiger partial charge in [0.25, 0.3) is 0 Å². The molecule has 0 radical (unpaired) electrons. The summed E-state index contributed by atoms with van der Waals surface area (Å²) in [4.78, 5) is 14.2. The molecular weight excluding hydrogens is 515 g/mol. The lowest BCUT2D eigenvalue weighted by molar-refractivity contribution is 0.147. The first kappa shape index (κ1) is 21.6. The number of aromatic nitrogens is 4. The summed E-state index contributed by atoms with van der Waals surface area (Å²) in [5, 5.41) is 14.6. The molecule has 0 bridgehead atoms. The van der Waals surface area contributed by atoms with Crippen molar-refractivity contribution in [3.05, 3.63) is 27.6 Å². The summed E-state index contributed by atoms with van der Waals surface area (Å²) >= 11 is 3.87. The lowest BCUT2D eigenvalue weighted by Gasteiger charge is -2.19. The third-order valence-corrected chi connectivity index (χ3v) is 7.16. The van der Waals surface area contributed by atoms with E-state index in [1.54, 1.807) is 0 Å². The Morgan fingerprint density at radius 1 is 1.37 bits per heavy atom. The molecule has 3 aromatic rings. The van der Waals surface area contributed by atoms with Gasteiger partial charge in [0, 0.05) is 21.1 Å². The largest absolute Gasteiger partial charge is 0.493 e. The Labute approximate surface area is 193 Å². The highest BCUT2D eigenvalue weighted by Gasteiger charge is 2.21. The van der Waals surface area contributed by atoms with Gasteiger partial charge in [0.2, 0.25) is 0 Å². The zero-order valence-corrected chi connectivity index (χ0v) is 19.9. The van der Waals surface area contributed by atoms with Gasteiger partial charge < -0.3 is 25.5 Å². The Morgan fingerprint density at radius 2 is 2.20 bits per heavy atom. The van der Waals surface area contributed by atoms with Gasteiger partial charge in [-0.3, -0.25) is 0 Å². The maximum absolute atomic E-state index is 10.6. The zero-order chi connectivity index (χ0) is 21.3. The molecule has 0 saturated carbocycles. The molecule has 8 nitrogen and oxygen atoms in total. The standard InChI is InChI=1S/C20H25IN6O2S/c1-11(2)23-8-13(28)9-27-19-17(18(22)24-10-25-19)26-20(27)30-16-7-15-12(6-14(16)21)4-3-5-29-15/h6-7,10-11,13,23,28H,3-5,8-9H2,1-2H3,(H2,22,24,25). The highest BCUT2D eigenvalue weighted by atomic mass is 127. The second-order valence-corrected chi connectivity index (χ2v) is 9.77. The van der Waals surface area contributed by atoms with Gasteiger partial charge in [-0.15, -0.1) is 0 Å². The molecule has 1 aliphatic rings. The number of anilines is 1. The van der Waals surface area contributed by atoms with Gasteiger partial charge in [-0.2, -0.15) is 0 Å². The lowest BCUT2D eigenvalue weighted by atomic mass is 10.1. The van der Waals surface area contributed by atoms with Gasteiger partial charge in [-0.25, -0.2) is 15.0 Å². The van der Waals surface area contributed by atoms with Crippen LogP contribution in [0.2, 0.25) is 0 Å². The molecule has 4 N–H and O–H groups in total. The van der Waals surface area contributed by atoms with Crippen molar-refractivity contribution in [3.63, 3.8) is 0 Å². The normalized spacial score (nSPS) is 14.7. The number of hydrogen-bond donors (Lipinski definition) is 3. The summed E-state index contributed by atoms with van der Waals surface area (Å²) in [5.41, 5.74) is 8.47. The number of nitrogen functional groups attached to an aromatic ring is 1. The molecule has 2 aromatic heterocycles. The van der Waals surface area contributed by atoms with Crippen LogP contribution in [0.15, 0.2) is 28.5 Å². The van der Waals surface area contributed by atoms with Gasteiger partial charge in [0.15, 0.2) is 22.1 Å². The SMILES string of the molecule is CC(C)NCC(O)Cn1c(Sc2cc3c(cc2I)CCCO3)nc2c(N)ncnc21. The molecule has 1 atom stereocenters. The monoisotopic (exact) mass is 540 g/mol. The van der Waals surface area contributed by atoms with Gasteiger partial charge in [0.1, 0.15) is 12.1 Å². The Balaban J connectivity index is 1.69. The average molecular weight is 540 g/mol. The smallest absolute Gasteiger partial charge is 0.175 e. The summed E-state index contributed by atoms with van der Waals surface area (Å²) in [7, 11) is 0. The van der Waals surface area contributed by atoms with Crippen molar-refractivity contribution < 1.29 is 9.84 Å². The highest BCUT2D eigenvalue weighted by molar-refractivity contribution is 14.1. The van der Waals surface area contributed by atoms with Crippen LogP contribution in [0.1, 0.15) is 25.8 Å². The van der Waals surface area contributed by atoms with E-state index in [4.69, 9.17) is 15.5 Å². The molecule has 10 heteroatoms. The van der Waals surface area contributed by atoms with Crippen molar-refractivity contribution >= 4 is 51.3 Å². The number of hydrogen-bond acceptors (Lipinski definition) is 8. The number of aliphatic hydroxyl groups excluding tert-OH is 1. The van der Waals surface area contributed by atoms with Crippen molar-refractivity contribution in [2.75, 3.05) is 18.9 Å². The molecule has 1 aliphatic heterocycles. The second-order valence-electron chi connectivity index (χ2n) is 7.60. The van der Waals surface area contributed by atoms with E-state index in [9.17, 15) is 5.11 Å². The first-order chi connectivity index (χ1) is 14.4. The minimum Gasteiger partial charge on any atom is -0.493 e. The first-order valence-corrected chi connectivity index (χ1v) is 11.8. The van der Waals surface area contributed by atoms with Crippen LogP contribution in [-0.2, 0) is 13.0 Å².